The number of carbonyl (C=O) groups is 1. The van der Waals surface area contributed by atoms with Crippen molar-refractivity contribution in [1.82, 2.24) is 4.98 Å². The molecule has 0 radical (unpaired) electrons. The maximum atomic E-state index is 12.0. The quantitative estimate of drug-likeness (QED) is 0.748. The summed E-state index contributed by atoms with van der Waals surface area (Å²) in [6.07, 6.45) is 0. The van der Waals surface area contributed by atoms with E-state index in [1.807, 2.05) is 48.0 Å². The molecule has 0 bridgehead atoms. The van der Waals surface area contributed by atoms with Crippen molar-refractivity contribution in [3.8, 4) is 17.0 Å². The van der Waals surface area contributed by atoms with Crippen molar-refractivity contribution in [1.29, 1.82) is 0 Å². The average molecular weight is 330 g/mol. The van der Waals surface area contributed by atoms with Crippen molar-refractivity contribution in [2.75, 3.05) is 11.9 Å². The molecule has 0 saturated carbocycles. The van der Waals surface area contributed by atoms with Gasteiger partial charge >= 0.3 is 0 Å². The Kier molecular flexibility index (Phi) is 4.50. The number of thiazole rings is 1. The Balaban J connectivity index is 1.81. The molecule has 3 rings (SSSR count). The molecule has 0 aliphatic rings. The van der Waals surface area contributed by atoms with Gasteiger partial charge in [0.05, 0.1) is 17.2 Å². The highest BCUT2D eigenvalue weighted by Crippen LogP contribution is 2.32. The zero-order chi connectivity index (χ0) is 15.4. The molecular formula is C16H14N2O2S2. The maximum absolute atomic E-state index is 12.0. The van der Waals surface area contributed by atoms with Crippen LogP contribution in [0.5, 0.6) is 5.75 Å². The lowest BCUT2D eigenvalue weighted by Gasteiger charge is -2.07. The predicted octanol–water partition coefficient (Wildman–Crippen LogP) is 4.52. The van der Waals surface area contributed by atoms with E-state index in [2.05, 4.69) is 10.3 Å². The number of rotatable bonds is 5. The molecule has 0 fully saturated rings. The smallest absolute Gasteiger partial charge is 0.267 e. The highest BCUT2D eigenvalue weighted by Gasteiger charge is 2.12. The van der Waals surface area contributed by atoms with Gasteiger partial charge in [-0.15, -0.1) is 22.7 Å². The molecule has 1 N–H and O–H groups in total. The monoisotopic (exact) mass is 330 g/mol. The molecule has 1 aromatic carbocycles. The lowest BCUT2D eigenvalue weighted by Crippen LogP contribution is -2.09. The Morgan fingerprint density at radius 2 is 2.09 bits per heavy atom. The molecule has 2 heterocycles. The molecule has 0 unspecified atom stereocenters. The molecule has 2 aromatic heterocycles. The van der Waals surface area contributed by atoms with E-state index in [1.54, 1.807) is 6.07 Å². The van der Waals surface area contributed by atoms with Crippen molar-refractivity contribution in [2.24, 2.45) is 0 Å². The minimum Gasteiger partial charge on any atom is -0.493 e. The van der Waals surface area contributed by atoms with Crippen LogP contribution in [-0.2, 0) is 0 Å². The van der Waals surface area contributed by atoms with Crippen molar-refractivity contribution in [3.63, 3.8) is 0 Å². The number of thiophene rings is 1. The van der Waals surface area contributed by atoms with Gasteiger partial charge in [0, 0.05) is 10.9 Å². The van der Waals surface area contributed by atoms with Crippen LogP contribution in [0.2, 0.25) is 0 Å². The van der Waals surface area contributed by atoms with E-state index >= 15 is 0 Å². The summed E-state index contributed by atoms with van der Waals surface area (Å²) >= 11 is 2.81. The molecule has 112 valence electrons. The summed E-state index contributed by atoms with van der Waals surface area (Å²) in [7, 11) is 0. The van der Waals surface area contributed by atoms with Gasteiger partial charge in [0.15, 0.2) is 5.13 Å². The Bertz CT molecular complexity index is 766. The van der Waals surface area contributed by atoms with Crippen molar-refractivity contribution >= 4 is 33.7 Å². The highest BCUT2D eigenvalue weighted by atomic mass is 32.1. The Morgan fingerprint density at radius 1 is 1.23 bits per heavy atom. The first-order chi connectivity index (χ1) is 10.8. The normalized spacial score (nSPS) is 10.4. The highest BCUT2D eigenvalue weighted by molar-refractivity contribution is 7.14. The molecule has 0 saturated heterocycles. The minimum absolute atomic E-state index is 0.131. The zero-order valence-corrected chi connectivity index (χ0v) is 13.5. The van der Waals surface area contributed by atoms with Gasteiger partial charge in [-0.2, -0.15) is 0 Å². The van der Waals surface area contributed by atoms with Gasteiger partial charge < -0.3 is 4.74 Å². The maximum Gasteiger partial charge on any atom is 0.267 e. The van der Waals surface area contributed by atoms with Crippen molar-refractivity contribution in [3.05, 3.63) is 52.0 Å². The molecule has 22 heavy (non-hydrogen) atoms. The summed E-state index contributed by atoms with van der Waals surface area (Å²) < 4.78 is 5.62. The summed E-state index contributed by atoms with van der Waals surface area (Å²) in [5.74, 6) is 0.667. The molecular weight excluding hydrogens is 316 g/mol. The number of carbonyl (C=O) groups excluding carboxylic acids is 1. The zero-order valence-electron chi connectivity index (χ0n) is 11.9. The summed E-state index contributed by atoms with van der Waals surface area (Å²) in [6, 6.07) is 11.4. The van der Waals surface area contributed by atoms with Gasteiger partial charge in [0.25, 0.3) is 5.91 Å². The lowest BCUT2D eigenvalue weighted by molar-refractivity contribution is 0.103. The topological polar surface area (TPSA) is 51.2 Å². The van der Waals surface area contributed by atoms with Crippen LogP contribution >= 0.6 is 22.7 Å². The van der Waals surface area contributed by atoms with Crippen LogP contribution in [0.3, 0.4) is 0 Å². The van der Waals surface area contributed by atoms with E-state index in [4.69, 9.17) is 4.74 Å². The second-order valence-corrected chi connectivity index (χ2v) is 6.20. The van der Waals surface area contributed by atoms with Crippen LogP contribution < -0.4 is 10.1 Å². The van der Waals surface area contributed by atoms with Crippen LogP contribution in [0, 0.1) is 0 Å². The molecule has 0 aliphatic carbocycles. The summed E-state index contributed by atoms with van der Waals surface area (Å²) in [5, 5.41) is 7.20. The van der Waals surface area contributed by atoms with E-state index in [0.717, 1.165) is 17.0 Å². The van der Waals surface area contributed by atoms with E-state index in [-0.39, 0.29) is 5.91 Å². The van der Waals surface area contributed by atoms with Crippen LogP contribution in [-0.4, -0.2) is 17.5 Å². The van der Waals surface area contributed by atoms with Crippen molar-refractivity contribution in [2.45, 2.75) is 6.92 Å². The first-order valence-corrected chi connectivity index (χ1v) is 8.56. The van der Waals surface area contributed by atoms with E-state index in [9.17, 15) is 4.79 Å². The molecule has 6 heteroatoms. The summed E-state index contributed by atoms with van der Waals surface area (Å²) in [4.78, 5) is 17.2. The number of amides is 1. The van der Waals surface area contributed by atoms with Crippen LogP contribution in [0.4, 0.5) is 5.13 Å². The summed E-state index contributed by atoms with van der Waals surface area (Å²) in [5.41, 5.74) is 1.73. The second kappa shape index (κ2) is 6.72. The van der Waals surface area contributed by atoms with Gasteiger partial charge in [-0.1, -0.05) is 18.2 Å². The second-order valence-electron chi connectivity index (χ2n) is 4.40. The average Bonchev–Trinajstić information content (AvgIpc) is 3.19. The first kappa shape index (κ1) is 14.7. The minimum atomic E-state index is -0.131. The third-order valence-corrected chi connectivity index (χ3v) is 4.56. The third-order valence-electron chi connectivity index (χ3n) is 2.93. The Morgan fingerprint density at radius 3 is 2.86 bits per heavy atom. The number of nitrogens with zero attached hydrogens (tertiary/aromatic N) is 1. The standard InChI is InChI=1S/C16H14N2O2S2/c1-2-20-13-7-4-3-6-11(13)12-10-22-16(17-12)18-15(19)14-8-5-9-21-14/h3-10H,2H2,1H3,(H,17,18,19). The SMILES string of the molecule is CCOc1ccccc1-c1csc(NC(=O)c2cccs2)n1. The van der Waals surface area contributed by atoms with Crippen molar-refractivity contribution < 1.29 is 9.53 Å². The fourth-order valence-electron chi connectivity index (χ4n) is 1.98. The van der Waals surface area contributed by atoms with E-state index < -0.39 is 0 Å². The fourth-order valence-corrected chi connectivity index (χ4v) is 3.31. The first-order valence-electron chi connectivity index (χ1n) is 6.80. The number of para-hydroxylation sites is 1. The fraction of sp³-hybridized carbons (Fsp3) is 0.125. The van der Waals surface area contributed by atoms with Gasteiger partial charge in [0.2, 0.25) is 0 Å². The molecule has 0 spiro atoms. The molecule has 0 atom stereocenters. The number of nitrogens with one attached hydrogen (secondary N) is 1. The number of benzene rings is 1. The predicted molar refractivity (Wildman–Crippen MR) is 91.0 cm³/mol. The van der Waals surface area contributed by atoms with E-state index in [1.165, 1.54) is 22.7 Å². The molecule has 4 nitrogen and oxygen atoms in total. The molecule has 3 aromatic rings. The van der Waals surface area contributed by atoms with Crippen LogP contribution in [0.25, 0.3) is 11.3 Å². The summed E-state index contributed by atoms with van der Waals surface area (Å²) in [6.45, 7) is 2.55. The third kappa shape index (κ3) is 3.18. The lowest BCUT2D eigenvalue weighted by atomic mass is 10.1. The molecule has 1 amide bonds. The van der Waals surface area contributed by atoms with Gasteiger partial charge in [-0.3, -0.25) is 10.1 Å². The number of anilines is 1. The van der Waals surface area contributed by atoms with Crippen LogP contribution in [0.15, 0.2) is 47.2 Å². The van der Waals surface area contributed by atoms with Gasteiger partial charge in [-0.05, 0) is 30.5 Å². The number of aromatic nitrogens is 1. The Hall–Kier alpha value is -2.18. The van der Waals surface area contributed by atoms with Gasteiger partial charge in [0.1, 0.15) is 5.75 Å². The molecule has 0 aliphatic heterocycles. The van der Waals surface area contributed by atoms with Crippen LogP contribution in [0.1, 0.15) is 16.6 Å². The van der Waals surface area contributed by atoms with E-state index in [0.29, 0.717) is 16.6 Å². The number of hydrogen-bond donors (Lipinski definition) is 1. The van der Waals surface area contributed by atoms with Gasteiger partial charge in [-0.25, -0.2) is 4.98 Å². The largest absolute Gasteiger partial charge is 0.493 e. The Labute approximate surface area is 136 Å². The number of hydrogen-bond acceptors (Lipinski definition) is 5. The number of ether oxygens (including phenoxy) is 1.